The van der Waals surface area contributed by atoms with Crippen LogP contribution in [0.15, 0.2) is 35.7 Å². The van der Waals surface area contributed by atoms with E-state index < -0.39 is 0 Å². The van der Waals surface area contributed by atoms with Gasteiger partial charge in [0.1, 0.15) is 18.2 Å². The van der Waals surface area contributed by atoms with Gasteiger partial charge < -0.3 is 15.8 Å². The fourth-order valence-corrected chi connectivity index (χ4v) is 2.62. The largest absolute Gasteiger partial charge is 0.486 e. The maximum Gasteiger partial charge on any atom is 0.251 e. The number of amides is 1. The summed E-state index contributed by atoms with van der Waals surface area (Å²) in [6.45, 7) is 1.63. The molecular weight excluding hydrogens is 295 g/mol. The van der Waals surface area contributed by atoms with E-state index >= 15 is 0 Å². The van der Waals surface area contributed by atoms with Gasteiger partial charge in [-0.1, -0.05) is 25.3 Å². The Bertz CT molecular complexity index is 566. The third kappa shape index (κ3) is 5.36. The number of hydrogen-bond donors (Lipinski definition) is 2. The molecule has 4 nitrogen and oxygen atoms in total. The lowest BCUT2D eigenvalue weighted by Crippen LogP contribution is -2.36. The lowest BCUT2D eigenvalue weighted by molar-refractivity contribution is 0.0927. The fraction of sp³-hybridized carbons (Fsp3) is 0.500. The summed E-state index contributed by atoms with van der Waals surface area (Å²) in [7, 11) is 0. The van der Waals surface area contributed by atoms with E-state index in [-0.39, 0.29) is 30.9 Å². The summed E-state index contributed by atoms with van der Waals surface area (Å²) < 4.78 is 19.0. The van der Waals surface area contributed by atoms with Gasteiger partial charge in [-0.2, -0.15) is 0 Å². The minimum absolute atomic E-state index is 0.100. The first-order valence-electron chi connectivity index (χ1n) is 8.18. The van der Waals surface area contributed by atoms with Crippen LogP contribution in [-0.4, -0.2) is 25.1 Å². The van der Waals surface area contributed by atoms with Gasteiger partial charge in [-0.05, 0) is 43.5 Å². The summed E-state index contributed by atoms with van der Waals surface area (Å²) in [5.41, 5.74) is 6.39. The number of nitrogens with one attached hydrogen (secondary N) is 1. The Kier molecular flexibility index (Phi) is 6.59. The van der Waals surface area contributed by atoms with E-state index in [4.69, 9.17) is 10.5 Å². The Balaban J connectivity index is 1.94. The van der Waals surface area contributed by atoms with E-state index in [1.165, 1.54) is 19.3 Å². The van der Waals surface area contributed by atoms with Crippen molar-refractivity contribution < 1.29 is 13.9 Å². The number of nitrogens with two attached hydrogens (primary N) is 1. The molecule has 1 aliphatic carbocycles. The number of carbonyl (C=O) groups excluding carboxylic acids is 1. The van der Waals surface area contributed by atoms with Gasteiger partial charge in [0.05, 0.1) is 0 Å². The highest BCUT2D eigenvalue weighted by atomic mass is 19.1. The molecule has 0 spiro atoms. The van der Waals surface area contributed by atoms with E-state index in [0.717, 1.165) is 12.8 Å². The molecule has 0 aliphatic heterocycles. The Morgan fingerprint density at radius 3 is 2.78 bits per heavy atom. The van der Waals surface area contributed by atoms with Crippen molar-refractivity contribution in [3.63, 3.8) is 0 Å². The average molecular weight is 320 g/mol. The van der Waals surface area contributed by atoms with E-state index in [2.05, 4.69) is 5.32 Å². The van der Waals surface area contributed by atoms with Crippen molar-refractivity contribution in [3.8, 4) is 5.75 Å². The maximum absolute atomic E-state index is 13.6. The number of carbonyl (C=O) groups is 1. The number of benzene rings is 1. The minimum atomic E-state index is -0.371. The molecule has 126 valence electrons. The van der Waals surface area contributed by atoms with Crippen LogP contribution in [0.3, 0.4) is 0 Å². The first kappa shape index (κ1) is 17.5. The Morgan fingerprint density at radius 1 is 1.35 bits per heavy atom. The highest BCUT2D eigenvalue weighted by Crippen LogP contribution is 2.19. The second-order valence-corrected chi connectivity index (χ2v) is 6.01. The van der Waals surface area contributed by atoms with Gasteiger partial charge in [-0.25, -0.2) is 4.39 Å². The molecule has 1 fully saturated rings. The molecule has 0 radical (unpaired) electrons. The summed E-state index contributed by atoms with van der Waals surface area (Å²) in [4.78, 5) is 12.3. The molecule has 23 heavy (non-hydrogen) atoms. The van der Waals surface area contributed by atoms with Crippen molar-refractivity contribution >= 4 is 5.91 Å². The van der Waals surface area contributed by atoms with Crippen LogP contribution in [-0.2, 0) is 0 Å². The molecule has 1 amide bonds. The van der Waals surface area contributed by atoms with Gasteiger partial charge in [0.2, 0.25) is 0 Å². The predicted octanol–water partition coefficient (Wildman–Crippen LogP) is 3.33. The summed E-state index contributed by atoms with van der Waals surface area (Å²) in [6.07, 6.45) is 5.66. The number of halogens is 1. The van der Waals surface area contributed by atoms with Crippen molar-refractivity contribution in [2.24, 2.45) is 5.73 Å². The summed E-state index contributed by atoms with van der Waals surface area (Å²) in [6, 6.07) is 7.09. The third-order valence-electron chi connectivity index (χ3n) is 4.17. The Morgan fingerprint density at radius 2 is 2.09 bits per heavy atom. The number of hydrogen-bond acceptors (Lipinski definition) is 3. The van der Waals surface area contributed by atoms with Gasteiger partial charge in [-0.3, -0.25) is 4.79 Å². The molecule has 0 aromatic heterocycles. The SMILES string of the molecule is C/C(CN)=C(/F)COc1cccc(C(=O)NC2CCCCC2)c1. The highest BCUT2D eigenvalue weighted by molar-refractivity contribution is 5.94. The minimum Gasteiger partial charge on any atom is -0.486 e. The summed E-state index contributed by atoms with van der Waals surface area (Å²) in [5, 5.41) is 3.06. The molecule has 3 N–H and O–H groups in total. The topological polar surface area (TPSA) is 64.3 Å². The van der Waals surface area contributed by atoms with Crippen molar-refractivity contribution in [1.29, 1.82) is 0 Å². The molecule has 0 bridgehead atoms. The molecule has 0 atom stereocenters. The van der Waals surface area contributed by atoms with Crippen LogP contribution in [0.1, 0.15) is 49.4 Å². The normalized spacial score (nSPS) is 16.7. The van der Waals surface area contributed by atoms with Crippen molar-refractivity contribution in [1.82, 2.24) is 5.32 Å². The van der Waals surface area contributed by atoms with Crippen LogP contribution < -0.4 is 15.8 Å². The molecule has 1 aromatic rings. The monoisotopic (exact) mass is 320 g/mol. The maximum atomic E-state index is 13.6. The fourth-order valence-electron chi connectivity index (χ4n) is 2.62. The number of rotatable bonds is 6. The van der Waals surface area contributed by atoms with E-state index in [9.17, 15) is 9.18 Å². The summed E-state index contributed by atoms with van der Waals surface area (Å²) >= 11 is 0. The van der Waals surface area contributed by atoms with Crippen molar-refractivity contribution in [2.75, 3.05) is 13.2 Å². The molecule has 0 saturated heterocycles. The van der Waals surface area contributed by atoms with Crippen LogP contribution >= 0.6 is 0 Å². The zero-order valence-electron chi connectivity index (χ0n) is 13.6. The first-order chi connectivity index (χ1) is 11.1. The highest BCUT2D eigenvalue weighted by Gasteiger charge is 2.16. The van der Waals surface area contributed by atoms with Gasteiger partial charge in [0.15, 0.2) is 0 Å². The average Bonchev–Trinajstić information content (AvgIpc) is 2.60. The zero-order chi connectivity index (χ0) is 16.7. The lowest BCUT2D eigenvalue weighted by Gasteiger charge is -2.22. The Hall–Kier alpha value is -1.88. The van der Waals surface area contributed by atoms with E-state index in [0.29, 0.717) is 16.9 Å². The molecular formula is C18H25FN2O2. The quantitative estimate of drug-likeness (QED) is 0.845. The molecule has 1 aliphatic rings. The van der Waals surface area contributed by atoms with Gasteiger partial charge in [-0.15, -0.1) is 0 Å². The van der Waals surface area contributed by atoms with Gasteiger partial charge in [0.25, 0.3) is 5.91 Å². The molecule has 1 aromatic carbocycles. The van der Waals surface area contributed by atoms with Crippen molar-refractivity contribution in [2.45, 2.75) is 45.1 Å². The van der Waals surface area contributed by atoms with E-state index in [1.54, 1.807) is 31.2 Å². The lowest BCUT2D eigenvalue weighted by atomic mass is 9.95. The summed E-state index contributed by atoms with van der Waals surface area (Å²) in [5.74, 6) is 0.00216. The second-order valence-electron chi connectivity index (χ2n) is 6.01. The molecule has 0 heterocycles. The van der Waals surface area contributed by atoms with Crippen LogP contribution in [0, 0.1) is 0 Å². The van der Waals surface area contributed by atoms with Crippen LogP contribution in [0.5, 0.6) is 5.75 Å². The predicted molar refractivity (Wildman–Crippen MR) is 89.1 cm³/mol. The third-order valence-corrected chi connectivity index (χ3v) is 4.17. The van der Waals surface area contributed by atoms with Crippen LogP contribution in [0.2, 0.25) is 0 Å². The molecule has 2 rings (SSSR count). The van der Waals surface area contributed by atoms with Gasteiger partial charge >= 0.3 is 0 Å². The smallest absolute Gasteiger partial charge is 0.251 e. The second kappa shape index (κ2) is 8.67. The van der Waals surface area contributed by atoms with Crippen LogP contribution in [0.25, 0.3) is 0 Å². The van der Waals surface area contributed by atoms with Crippen LogP contribution in [0.4, 0.5) is 4.39 Å². The molecule has 1 saturated carbocycles. The standard InChI is InChI=1S/C18H25FN2O2/c1-13(11-20)17(19)12-23-16-9-5-6-14(10-16)18(22)21-15-7-3-2-4-8-15/h5-6,9-10,15H,2-4,7-8,11-12,20H2,1H3,(H,21,22)/b17-13-. The van der Waals surface area contributed by atoms with Gasteiger partial charge in [0, 0.05) is 18.2 Å². The number of ether oxygens (including phenoxy) is 1. The Labute approximate surface area is 136 Å². The van der Waals surface area contributed by atoms with E-state index in [1.807, 2.05) is 0 Å². The molecule has 0 unspecified atom stereocenters. The van der Waals surface area contributed by atoms with Crippen molar-refractivity contribution in [3.05, 3.63) is 41.2 Å². The zero-order valence-corrected chi connectivity index (χ0v) is 13.6. The molecule has 5 heteroatoms. The first-order valence-corrected chi connectivity index (χ1v) is 8.18.